The first-order valence-corrected chi connectivity index (χ1v) is 6.80. The highest BCUT2D eigenvalue weighted by Crippen LogP contribution is 2.20. The van der Waals surface area contributed by atoms with Gasteiger partial charge in [-0.25, -0.2) is 0 Å². The molecule has 19 heavy (non-hydrogen) atoms. The molecule has 0 heterocycles. The Labute approximate surface area is 122 Å². The first-order chi connectivity index (χ1) is 8.71. The van der Waals surface area contributed by atoms with Crippen LogP contribution >= 0.6 is 15.9 Å². The minimum Gasteiger partial charge on any atom is -0.374 e. The van der Waals surface area contributed by atoms with Crippen LogP contribution in [0.1, 0.15) is 33.3 Å². The lowest BCUT2D eigenvalue weighted by Crippen LogP contribution is -2.47. The van der Waals surface area contributed by atoms with E-state index < -0.39 is 0 Å². The molecular weight excluding hydrogens is 306 g/mol. The number of benzene rings is 1. The summed E-state index contributed by atoms with van der Waals surface area (Å²) in [6, 6.07) is 6.98. The summed E-state index contributed by atoms with van der Waals surface area (Å²) in [5.74, 6) is -0.0778. The maximum absolute atomic E-state index is 12.0. The number of hydrogen-bond acceptors (Lipinski definition) is 3. The predicted octanol–water partition coefficient (Wildman–Crippen LogP) is 3.04. The van der Waals surface area contributed by atoms with Crippen molar-refractivity contribution in [1.29, 1.82) is 5.26 Å². The number of amides is 1. The first kappa shape index (κ1) is 15.5. The minimum atomic E-state index is -0.375. The van der Waals surface area contributed by atoms with E-state index >= 15 is 0 Å². The highest BCUT2D eigenvalue weighted by Gasteiger charge is 2.19. The van der Waals surface area contributed by atoms with Crippen LogP contribution in [0.5, 0.6) is 0 Å². The Hall–Kier alpha value is -1.54. The third kappa shape index (κ3) is 5.31. The highest BCUT2D eigenvalue weighted by molar-refractivity contribution is 9.10. The molecule has 5 heteroatoms. The number of halogens is 1. The summed E-state index contributed by atoms with van der Waals surface area (Å²) in [6.45, 7) is 7.59. The van der Waals surface area contributed by atoms with Gasteiger partial charge in [-0.15, -0.1) is 0 Å². The molecule has 1 amide bonds. The van der Waals surface area contributed by atoms with E-state index in [1.54, 1.807) is 19.1 Å². The van der Waals surface area contributed by atoms with Crippen LogP contribution in [-0.4, -0.2) is 17.5 Å². The molecule has 1 unspecified atom stereocenters. The number of carbonyl (C=O) groups is 1. The van der Waals surface area contributed by atoms with Gasteiger partial charge in [0.05, 0.1) is 11.6 Å². The summed E-state index contributed by atoms with van der Waals surface area (Å²) in [4.78, 5) is 12.0. The van der Waals surface area contributed by atoms with Gasteiger partial charge in [0.2, 0.25) is 5.91 Å². The van der Waals surface area contributed by atoms with E-state index in [2.05, 4.69) is 32.6 Å². The third-order valence-corrected chi connectivity index (χ3v) is 2.76. The van der Waals surface area contributed by atoms with Crippen molar-refractivity contribution in [2.24, 2.45) is 0 Å². The van der Waals surface area contributed by atoms with Gasteiger partial charge < -0.3 is 10.6 Å². The molecule has 0 aromatic heterocycles. The summed E-state index contributed by atoms with van der Waals surface area (Å²) >= 11 is 3.34. The van der Waals surface area contributed by atoms with Crippen LogP contribution in [0.4, 0.5) is 5.69 Å². The fourth-order valence-corrected chi connectivity index (χ4v) is 2.02. The van der Waals surface area contributed by atoms with Crippen molar-refractivity contribution in [3.8, 4) is 6.07 Å². The van der Waals surface area contributed by atoms with Crippen LogP contribution in [0.3, 0.4) is 0 Å². The molecule has 0 radical (unpaired) electrons. The van der Waals surface area contributed by atoms with Crippen molar-refractivity contribution in [1.82, 2.24) is 5.32 Å². The van der Waals surface area contributed by atoms with E-state index in [0.29, 0.717) is 5.56 Å². The number of anilines is 1. The molecular formula is C14H18BrN3O. The van der Waals surface area contributed by atoms with Crippen LogP contribution in [0.15, 0.2) is 22.7 Å². The lowest BCUT2D eigenvalue weighted by molar-refractivity contribution is -0.122. The molecule has 0 spiro atoms. The van der Waals surface area contributed by atoms with E-state index in [-0.39, 0.29) is 17.5 Å². The zero-order valence-corrected chi connectivity index (χ0v) is 13.1. The fourth-order valence-electron chi connectivity index (χ4n) is 1.53. The standard InChI is InChI=1S/C14H18BrN3O/c1-9(13(19)18-14(2,3)4)17-12-6-10(8-16)5-11(15)7-12/h5-7,9,17H,1-4H3,(H,18,19). The summed E-state index contributed by atoms with van der Waals surface area (Å²) in [6.07, 6.45) is 0. The molecule has 4 nitrogen and oxygen atoms in total. The van der Waals surface area contributed by atoms with Gasteiger partial charge in [0, 0.05) is 15.7 Å². The van der Waals surface area contributed by atoms with Crippen LogP contribution in [0.2, 0.25) is 0 Å². The van der Waals surface area contributed by atoms with E-state index in [1.165, 1.54) is 0 Å². The molecule has 0 bridgehead atoms. The van der Waals surface area contributed by atoms with Gasteiger partial charge in [-0.2, -0.15) is 5.26 Å². The molecule has 0 saturated carbocycles. The molecule has 102 valence electrons. The summed E-state index contributed by atoms with van der Waals surface area (Å²) in [5, 5.41) is 14.9. The van der Waals surface area contributed by atoms with Crippen LogP contribution in [0.25, 0.3) is 0 Å². The molecule has 1 aromatic rings. The second-order valence-electron chi connectivity index (χ2n) is 5.45. The monoisotopic (exact) mass is 323 g/mol. The topological polar surface area (TPSA) is 64.9 Å². The molecule has 1 atom stereocenters. The highest BCUT2D eigenvalue weighted by atomic mass is 79.9. The summed E-state index contributed by atoms with van der Waals surface area (Å²) in [5.41, 5.74) is 1.02. The van der Waals surface area contributed by atoms with Crippen molar-refractivity contribution >= 4 is 27.5 Å². The average Bonchev–Trinajstić information content (AvgIpc) is 2.25. The number of hydrogen-bond donors (Lipinski definition) is 2. The smallest absolute Gasteiger partial charge is 0.242 e. The van der Waals surface area contributed by atoms with Crippen LogP contribution in [0, 0.1) is 11.3 Å². The maximum atomic E-state index is 12.0. The Bertz CT molecular complexity index is 514. The number of nitrogens with one attached hydrogen (secondary N) is 2. The normalized spacial score (nSPS) is 12.4. The van der Waals surface area contributed by atoms with Crippen molar-refractivity contribution in [2.45, 2.75) is 39.3 Å². The zero-order valence-electron chi connectivity index (χ0n) is 11.5. The Balaban J connectivity index is 2.77. The second kappa shape index (κ2) is 6.07. The molecule has 0 saturated heterocycles. The Morgan fingerprint density at radius 1 is 1.37 bits per heavy atom. The van der Waals surface area contributed by atoms with Crippen molar-refractivity contribution < 1.29 is 4.79 Å². The Morgan fingerprint density at radius 2 is 2.00 bits per heavy atom. The number of carbonyl (C=O) groups excluding carboxylic acids is 1. The van der Waals surface area contributed by atoms with Gasteiger partial charge in [0.15, 0.2) is 0 Å². The van der Waals surface area contributed by atoms with Crippen molar-refractivity contribution in [3.63, 3.8) is 0 Å². The largest absolute Gasteiger partial charge is 0.374 e. The van der Waals surface area contributed by atoms with E-state index in [9.17, 15) is 4.79 Å². The van der Waals surface area contributed by atoms with E-state index in [0.717, 1.165) is 10.2 Å². The zero-order chi connectivity index (χ0) is 14.6. The number of nitriles is 1. The molecule has 1 rings (SSSR count). The molecule has 1 aromatic carbocycles. The van der Waals surface area contributed by atoms with Crippen molar-refractivity contribution in [2.75, 3.05) is 5.32 Å². The number of nitrogens with zero attached hydrogens (tertiary/aromatic N) is 1. The fraction of sp³-hybridized carbons (Fsp3) is 0.429. The molecule has 0 aliphatic rings. The van der Waals surface area contributed by atoms with E-state index in [4.69, 9.17) is 5.26 Å². The average molecular weight is 324 g/mol. The predicted molar refractivity (Wildman–Crippen MR) is 79.8 cm³/mol. The summed E-state index contributed by atoms with van der Waals surface area (Å²) < 4.78 is 0.803. The van der Waals surface area contributed by atoms with Gasteiger partial charge in [-0.05, 0) is 45.9 Å². The lowest BCUT2D eigenvalue weighted by Gasteiger charge is -2.24. The van der Waals surface area contributed by atoms with Crippen LogP contribution < -0.4 is 10.6 Å². The van der Waals surface area contributed by atoms with E-state index in [1.807, 2.05) is 26.8 Å². The Kier molecular flexibility index (Phi) is 4.96. The lowest BCUT2D eigenvalue weighted by atomic mass is 10.1. The van der Waals surface area contributed by atoms with Gasteiger partial charge in [0.1, 0.15) is 6.04 Å². The molecule has 0 fully saturated rings. The third-order valence-electron chi connectivity index (χ3n) is 2.30. The van der Waals surface area contributed by atoms with Gasteiger partial charge in [-0.1, -0.05) is 15.9 Å². The van der Waals surface area contributed by atoms with Gasteiger partial charge >= 0.3 is 0 Å². The maximum Gasteiger partial charge on any atom is 0.242 e. The molecule has 0 aliphatic carbocycles. The molecule has 2 N–H and O–H groups in total. The minimum absolute atomic E-state index is 0.0778. The molecule has 0 aliphatic heterocycles. The van der Waals surface area contributed by atoms with Crippen molar-refractivity contribution in [3.05, 3.63) is 28.2 Å². The first-order valence-electron chi connectivity index (χ1n) is 6.00. The van der Waals surface area contributed by atoms with Gasteiger partial charge in [-0.3, -0.25) is 4.79 Å². The second-order valence-corrected chi connectivity index (χ2v) is 6.36. The van der Waals surface area contributed by atoms with Gasteiger partial charge in [0.25, 0.3) is 0 Å². The summed E-state index contributed by atoms with van der Waals surface area (Å²) in [7, 11) is 0. The SMILES string of the molecule is CC(Nc1cc(Br)cc(C#N)c1)C(=O)NC(C)(C)C. The Morgan fingerprint density at radius 3 is 2.53 bits per heavy atom. The number of rotatable bonds is 3. The quantitative estimate of drug-likeness (QED) is 0.898. The van der Waals surface area contributed by atoms with Crippen LogP contribution in [-0.2, 0) is 4.79 Å².